The maximum absolute atomic E-state index is 12.2. The van der Waals surface area contributed by atoms with Crippen molar-refractivity contribution >= 4 is 35.2 Å². The smallest absolute Gasteiger partial charge is 0.313 e. The molecule has 1 aromatic rings. The maximum Gasteiger partial charge on any atom is 0.313 e. The molecule has 1 aromatic carbocycles. The minimum Gasteiger partial charge on any atom is -0.462 e. The average molecular weight is 327 g/mol. The SMILES string of the molecule is CC(C(=O)OC1CCCCC1)c1ccc(C=C(Cl)Cl)cc1. The minimum atomic E-state index is -0.253. The molecule has 1 fully saturated rings. The molecular formula is C17H20Cl2O2. The second-order valence-corrected chi connectivity index (χ2v) is 6.53. The molecule has 0 bridgehead atoms. The molecule has 114 valence electrons. The van der Waals surface area contributed by atoms with Crippen LogP contribution in [-0.4, -0.2) is 12.1 Å². The fourth-order valence-corrected chi connectivity index (χ4v) is 2.84. The lowest BCUT2D eigenvalue weighted by atomic mass is 9.97. The summed E-state index contributed by atoms with van der Waals surface area (Å²) in [7, 11) is 0. The predicted molar refractivity (Wildman–Crippen MR) is 87.5 cm³/mol. The van der Waals surface area contributed by atoms with Crippen LogP contribution in [0.4, 0.5) is 0 Å². The van der Waals surface area contributed by atoms with Gasteiger partial charge in [0.1, 0.15) is 10.6 Å². The summed E-state index contributed by atoms with van der Waals surface area (Å²) in [6.45, 7) is 1.88. The van der Waals surface area contributed by atoms with E-state index in [9.17, 15) is 4.79 Å². The highest BCUT2D eigenvalue weighted by molar-refractivity contribution is 6.57. The standard InChI is InChI=1S/C17H20Cl2O2/c1-12(17(20)21-15-5-3-2-4-6-15)14-9-7-13(8-10-14)11-16(18)19/h7-12,15H,2-6H2,1H3. The molecule has 4 heteroatoms. The van der Waals surface area contributed by atoms with Crippen LogP contribution in [0.5, 0.6) is 0 Å². The van der Waals surface area contributed by atoms with Gasteiger partial charge in [-0.05, 0) is 49.8 Å². The molecule has 21 heavy (non-hydrogen) atoms. The van der Waals surface area contributed by atoms with E-state index in [-0.39, 0.29) is 22.5 Å². The molecule has 0 saturated heterocycles. The lowest BCUT2D eigenvalue weighted by Gasteiger charge is -2.23. The monoisotopic (exact) mass is 326 g/mol. The minimum absolute atomic E-state index is 0.103. The number of benzene rings is 1. The van der Waals surface area contributed by atoms with Gasteiger partial charge in [-0.3, -0.25) is 4.79 Å². The van der Waals surface area contributed by atoms with Crippen molar-refractivity contribution in [2.24, 2.45) is 0 Å². The Labute approximate surface area is 136 Å². The maximum atomic E-state index is 12.2. The van der Waals surface area contributed by atoms with Crippen LogP contribution < -0.4 is 0 Å². The van der Waals surface area contributed by atoms with Gasteiger partial charge in [-0.25, -0.2) is 0 Å². The van der Waals surface area contributed by atoms with Crippen molar-refractivity contribution in [2.45, 2.75) is 51.0 Å². The molecule has 1 aliphatic rings. The summed E-state index contributed by atoms with van der Waals surface area (Å²) in [5.41, 5.74) is 1.85. The van der Waals surface area contributed by atoms with E-state index in [1.165, 1.54) is 6.42 Å². The van der Waals surface area contributed by atoms with Crippen LogP contribution in [0.3, 0.4) is 0 Å². The van der Waals surface area contributed by atoms with Gasteiger partial charge >= 0.3 is 5.97 Å². The van der Waals surface area contributed by atoms with Crippen LogP contribution in [0.1, 0.15) is 56.1 Å². The Morgan fingerprint density at radius 3 is 2.38 bits per heavy atom. The Balaban J connectivity index is 1.96. The largest absolute Gasteiger partial charge is 0.462 e. The van der Waals surface area contributed by atoms with Gasteiger partial charge in [0.15, 0.2) is 0 Å². The second kappa shape index (κ2) is 7.86. The number of hydrogen-bond donors (Lipinski definition) is 0. The quantitative estimate of drug-likeness (QED) is 0.688. The zero-order valence-corrected chi connectivity index (χ0v) is 13.7. The highest BCUT2D eigenvalue weighted by Crippen LogP contribution is 2.24. The van der Waals surface area contributed by atoms with Gasteiger partial charge in [-0.15, -0.1) is 0 Å². The van der Waals surface area contributed by atoms with Crippen LogP contribution in [0.15, 0.2) is 28.8 Å². The summed E-state index contributed by atoms with van der Waals surface area (Å²) < 4.78 is 5.82. The number of rotatable bonds is 4. The van der Waals surface area contributed by atoms with Gasteiger partial charge < -0.3 is 4.74 Å². The van der Waals surface area contributed by atoms with E-state index in [4.69, 9.17) is 27.9 Å². The molecule has 0 spiro atoms. The van der Waals surface area contributed by atoms with Crippen LogP contribution in [0, 0.1) is 0 Å². The fraction of sp³-hybridized carbons (Fsp3) is 0.471. The molecule has 0 heterocycles. The summed E-state index contributed by atoms with van der Waals surface area (Å²) in [6.07, 6.45) is 7.33. The van der Waals surface area contributed by atoms with E-state index in [0.717, 1.165) is 36.8 Å². The van der Waals surface area contributed by atoms with E-state index in [2.05, 4.69) is 0 Å². The van der Waals surface area contributed by atoms with Crippen molar-refractivity contribution in [1.29, 1.82) is 0 Å². The number of halogens is 2. The van der Waals surface area contributed by atoms with Gasteiger partial charge in [0.05, 0.1) is 5.92 Å². The third-order valence-corrected chi connectivity index (χ3v) is 4.12. The molecule has 0 aliphatic heterocycles. The molecule has 1 saturated carbocycles. The zero-order valence-electron chi connectivity index (χ0n) is 12.1. The van der Waals surface area contributed by atoms with Crippen molar-refractivity contribution in [1.82, 2.24) is 0 Å². The van der Waals surface area contributed by atoms with Crippen molar-refractivity contribution < 1.29 is 9.53 Å². The van der Waals surface area contributed by atoms with Crippen molar-refractivity contribution in [2.75, 3.05) is 0 Å². The Bertz CT molecular complexity index is 498. The molecule has 1 unspecified atom stereocenters. The first kappa shape index (κ1) is 16.4. The highest BCUT2D eigenvalue weighted by Gasteiger charge is 2.22. The van der Waals surface area contributed by atoms with Gasteiger partial charge in [0.2, 0.25) is 0 Å². The van der Waals surface area contributed by atoms with Gasteiger partial charge in [-0.2, -0.15) is 0 Å². The lowest BCUT2D eigenvalue weighted by Crippen LogP contribution is -2.23. The summed E-state index contributed by atoms with van der Waals surface area (Å²) in [5.74, 6) is -0.392. The van der Waals surface area contributed by atoms with Crippen molar-refractivity contribution in [3.63, 3.8) is 0 Å². The molecule has 0 N–H and O–H groups in total. The predicted octanol–water partition coefficient (Wildman–Crippen LogP) is 5.44. The molecule has 2 nitrogen and oxygen atoms in total. The van der Waals surface area contributed by atoms with E-state index < -0.39 is 0 Å². The molecule has 1 atom stereocenters. The van der Waals surface area contributed by atoms with E-state index in [1.54, 1.807) is 6.08 Å². The number of esters is 1. The molecule has 0 aromatic heterocycles. The molecule has 1 aliphatic carbocycles. The van der Waals surface area contributed by atoms with E-state index >= 15 is 0 Å². The zero-order chi connectivity index (χ0) is 15.2. The number of ether oxygens (including phenoxy) is 1. The van der Waals surface area contributed by atoms with Crippen LogP contribution in [0.25, 0.3) is 6.08 Å². The molecule has 0 radical (unpaired) electrons. The summed E-state index contributed by atoms with van der Waals surface area (Å²) in [4.78, 5) is 12.2. The molecule has 2 rings (SSSR count). The Hall–Kier alpha value is -0.990. The third kappa shape index (κ3) is 5.05. The van der Waals surface area contributed by atoms with Crippen LogP contribution in [0.2, 0.25) is 0 Å². The van der Waals surface area contributed by atoms with Gasteiger partial charge in [0, 0.05) is 0 Å². The Morgan fingerprint density at radius 2 is 1.81 bits per heavy atom. The fourth-order valence-electron chi connectivity index (χ4n) is 2.59. The summed E-state index contributed by atoms with van der Waals surface area (Å²) in [6, 6.07) is 7.61. The van der Waals surface area contributed by atoms with Gasteiger partial charge in [-0.1, -0.05) is 53.9 Å². The number of carbonyl (C=O) groups excluding carboxylic acids is 1. The third-order valence-electron chi connectivity index (χ3n) is 3.90. The highest BCUT2D eigenvalue weighted by atomic mass is 35.5. The van der Waals surface area contributed by atoms with Crippen LogP contribution >= 0.6 is 23.2 Å². The molecule has 0 amide bonds. The average Bonchev–Trinajstić information content (AvgIpc) is 2.47. The van der Waals surface area contributed by atoms with Crippen molar-refractivity contribution in [3.8, 4) is 0 Å². The lowest BCUT2D eigenvalue weighted by molar-refractivity contribution is -0.151. The number of hydrogen-bond acceptors (Lipinski definition) is 2. The van der Waals surface area contributed by atoms with E-state index in [0.29, 0.717) is 0 Å². The first-order chi connectivity index (χ1) is 10.1. The summed E-state index contributed by atoms with van der Waals surface area (Å²) in [5, 5.41) is 0. The first-order valence-electron chi connectivity index (χ1n) is 7.39. The molecular weight excluding hydrogens is 307 g/mol. The number of carbonyl (C=O) groups is 1. The van der Waals surface area contributed by atoms with Crippen LogP contribution in [-0.2, 0) is 9.53 Å². The van der Waals surface area contributed by atoms with Crippen molar-refractivity contribution in [3.05, 3.63) is 39.9 Å². The normalized spacial score (nSPS) is 17.1. The Kier molecular flexibility index (Phi) is 6.13. The summed E-state index contributed by atoms with van der Waals surface area (Å²) >= 11 is 11.3. The second-order valence-electron chi connectivity index (χ2n) is 5.52. The Morgan fingerprint density at radius 1 is 1.19 bits per heavy atom. The van der Waals surface area contributed by atoms with Gasteiger partial charge in [0.25, 0.3) is 0 Å². The topological polar surface area (TPSA) is 26.3 Å². The van der Waals surface area contributed by atoms with E-state index in [1.807, 2.05) is 31.2 Å². The first-order valence-corrected chi connectivity index (χ1v) is 8.15.